The van der Waals surface area contributed by atoms with Gasteiger partial charge in [-0.2, -0.15) is 21.4 Å². The molecule has 0 amide bonds. The highest BCUT2D eigenvalue weighted by Gasteiger charge is 1.98. The Morgan fingerprint density at radius 1 is 1.67 bits per heavy atom. The molecular formula is C11H17N5S2. The molecule has 0 unspecified atom stereocenters. The molecule has 2 N–H and O–H groups in total. The van der Waals surface area contributed by atoms with Crippen molar-refractivity contribution in [2.24, 2.45) is 4.99 Å². The molecule has 1 rings (SSSR count). The maximum Gasteiger partial charge on any atom is 0.204 e. The van der Waals surface area contributed by atoms with E-state index in [4.69, 9.17) is 5.26 Å². The summed E-state index contributed by atoms with van der Waals surface area (Å²) < 4.78 is 4.24. The van der Waals surface area contributed by atoms with Gasteiger partial charge in [0.25, 0.3) is 0 Å². The number of nitrogens with zero attached hydrogens (tertiary/aromatic N) is 3. The van der Waals surface area contributed by atoms with E-state index in [9.17, 15) is 0 Å². The zero-order valence-electron chi connectivity index (χ0n) is 10.3. The van der Waals surface area contributed by atoms with Crippen molar-refractivity contribution in [2.45, 2.75) is 19.1 Å². The van der Waals surface area contributed by atoms with Gasteiger partial charge in [-0.15, -0.1) is 0 Å². The summed E-state index contributed by atoms with van der Waals surface area (Å²) in [5, 5.41) is 16.2. The van der Waals surface area contributed by atoms with Crippen LogP contribution in [0, 0.1) is 11.5 Å². The van der Waals surface area contributed by atoms with Crippen LogP contribution in [0.2, 0.25) is 0 Å². The number of nitriles is 1. The fourth-order valence-electron chi connectivity index (χ4n) is 1.15. The van der Waals surface area contributed by atoms with E-state index in [-0.39, 0.29) is 0 Å². The summed E-state index contributed by atoms with van der Waals surface area (Å²) in [6.45, 7) is 3.56. The van der Waals surface area contributed by atoms with Crippen molar-refractivity contribution in [3.05, 3.63) is 17.1 Å². The van der Waals surface area contributed by atoms with Crippen LogP contribution < -0.4 is 10.6 Å². The van der Waals surface area contributed by atoms with Gasteiger partial charge < -0.3 is 5.32 Å². The van der Waals surface area contributed by atoms with Crippen LogP contribution >= 0.6 is 23.3 Å². The van der Waals surface area contributed by atoms with E-state index in [0.29, 0.717) is 5.96 Å². The number of rotatable bonds is 7. The number of aliphatic imine (C=N–C) groups is 1. The zero-order valence-corrected chi connectivity index (χ0v) is 12.0. The molecule has 0 aromatic carbocycles. The molecule has 0 aliphatic heterocycles. The molecule has 5 nitrogen and oxygen atoms in total. The van der Waals surface area contributed by atoms with E-state index in [1.165, 1.54) is 11.5 Å². The van der Waals surface area contributed by atoms with Crippen molar-refractivity contribution in [1.29, 1.82) is 5.26 Å². The molecular weight excluding hydrogens is 266 g/mol. The molecule has 1 aromatic heterocycles. The zero-order chi connectivity index (χ0) is 13.1. The van der Waals surface area contributed by atoms with E-state index >= 15 is 0 Å². The van der Waals surface area contributed by atoms with Crippen molar-refractivity contribution in [1.82, 2.24) is 15.0 Å². The lowest BCUT2D eigenvalue weighted by Crippen LogP contribution is -2.36. The van der Waals surface area contributed by atoms with Gasteiger partial charge in [0.2, 0.25) is 5.96 Å². The predicted molar refractivity (Wildman–Crippen MR) is 77.6 cm³/mol. The van der Waals surface area contributed by atoms with Crippen LogP contribution in [0.25, 0.3) is 0 Å². The molecule has 0 saturated heterocycles. The van der Waals surface area contributed by atoms with Crippen molar-refractivity contribution < 1.29 is 0 Å². The van der Waals surface area contributed by atoms with E-state index in [1.807, 2.05) is 29.4 Å². The molecule has 7 heteroatoms. The topological polar surface area (TPSA) is 73.1 Å². The van der Waals surface area contributed by atoms with E-state index in [2.05, 4.69) is 26.9 Å². The van der Waals surface area contributed by atoms with Crippen LogP contribution in [-0.2, 0) is 5.75 Å². The molecule has 1 aromatic rings. The molecule has 18 heavy (non-hydrogen) atoms. The highest BCUT2D eigenvalue weighted by molar-refractivity contribution is 7.98. The van der Waals surface area contributed by atoms with Gasteiger partial charge in [0.15, 0.2) is 6.19 Å². The van der Waals surface area contributed by atoms with Crippen LogP contribution in [0.1, 0.15) is 19.0 Å². The Labute approximate surface area is 116 Å². The van der Waals surface area contributed by atoms with Crippen LogP contribution in [0.15, 0.2) is 16.4 Å². The second-order valence-corrected chi connectivity index (χ2v) is 5.21. The number of guanidine groups is 1. The largest absolute Gasteiger partial charge is 0.355 e. The standard InChI is InChI=1S/C11H17N5S2/c1-2-4-13-11(15-9-12)14-5-7-17-8-10-3-6-18-16-10/h3,6H,2,4-5,7-8H2,1H3,(H2,13,14,15). The van der Waals surface area contributed by atoms with Crippen LogP contribution in [0.5, 0.6) is 0 Å². The first-order valence-electron chi connectivity index (χ1n) is 5.77. The summed E-state index contributed by atoms with van der Waals surface area (Å²) in [7, 11) is 0. The van der Waals surface area contributed by atoms with Crippen LogP contribution in [0.4, 0.5) is 0 Å². The minimum Gasteiger partial charge on any atom is -0.355 e. The van der Waals surface area contributed by atoms with Gasteiger partial charge in [-0.1, -0.05) is 6.92 Å². The Bertz CT molecular complexity index is 383. The molecule has 0 atom stereocenters. The van der Waals surface area contributed by atoms with E-state index in [1.54, 1.807) is 0 Å². The minimum atomic E-state index is 0.564. The summed E-state index contributed by atoms with van der Waals surface area (Å²) in [4.78, 5) is 4.23. The summed E-state index contributed by atoms with van der Waals surface area (Å²) in [6, 6.07) is 2.04. The highest BCUT2D eigenvalue weighted by Crippen LogP contribution is 2.10. The van der Waals surface area contributed by atoms with Gasteiger partial charge in [-0.05, 0) is 24.0 Å². The number of hydrogen-bond acceptors (Lipinski definition) is 5. The average Bonchev–Trinajstić information content (AvgIpc) is 2.88. The molecule has 0 fully saturated rings. The number of nitrogens with one attached hydrogen (secondary N) is 2. The number of thioether (sulfide) groups is 1. The van der Waals surface area contributed by atoms with Gasteiger partial charge in [0.1, 0.15) is 0 Å². The fourth-order valence-corrected chi connectivity index (χ4v) is 2.53. The smallest absolute Gasteiger partial charge is 0.204 e. The summed E-state index contributed by atoms with van der Waals surface area (Å²) in [5.41, 5.74) is 1.13. The van der Waals surface area contributed by atoms with Gasteiger partial charge in [0.05, 0.1) is 5.69 Å². The number of aromatic nitrogens is 1. The van der Waals surface area contributed by atoms with Crippen molar-refractivity contribution in [3.8, 4) is 6.19 Å². The molecule has 0 aliphatic carbocycles. The molecule has 0 aliphatic rings. The summed E-state index contributed by atoms with van der Waals surface area (Å²) >= 11 is 3.29. The minimum absolute atomic E-state index is 0.564. The first-order chi connectivity index (χ1) is 8.86. The molecule has 0 saturated carbocycles. The van der Waals surface area contributed by atoms with Gasteiger partial charge in [-0.3, -0.25) is 10.3 Å². The Kier molecular flexibility index (Phi) is 8.01. The maximum absolute atomic E-state index is 8.57. The van der Waals surface area contributed by atoms with Crippen LogP contribution in [0.3, 0.4) is 0 Å². The third-order valence-corrected chi connectivity index (χ3v) is 3.54. The van der Waals surface area contributed by atoms with Gasteiger partial charge in [-0.25, -0.2) is 0 Å². The number of hydrogen-bond donors (Lipinski definition) is 2. The Balaban J connectivity index is 2.13. The maximum atomic E-state index is 8.57. The first-order valence-corrected chi connectivity index (χ1v) is 7.76. The van der Waals surface area contributed by atoms with Crippen LogP contribution in [-0.4, -0.2) is 29.2 Å². The van der Waals surface area contributed by atoms with Crippen molar-refractivity contribution >= 4 is 29.3 Å². The highest BCUT2D eigenvalue weighted by atomic mass is 32.2. The Morgan fingerprint density at radius 2 is 2.56 bits per heavy atom. The first kappa shape index (κ1) is 14.8. The SMILES string of the molecule is CCCN=C(NC#N)NCCSCc1ccsn1. The fraction of sp³-hybridized carbons (Fsp3) is 0.545. The lowest BCUT2D eigenvalue weighted by molar-refractivity contribution is 0.875. The third-order valence-electron chi connectivity index (χ3n) is 1.95. The molecule has 98 valence electrons. The predicted octanol–water partition coefficient (Wildman–Crippen LogP) is 1.80. The molecule has 0 radical (unpaired) electrons. The average molecular weight is 283 g/mol. The van der Waals surface area contributed by atoms with E-state index in [0.717, 1.165) is 36.7 Å². The lowest BCUT2D eigenvalue weighted by atomic mass is 10.5. The van der Waals surface area contributed by atoms with Gasteiger partial charge in [0, 0.05) is 30.0 Å². The molecule has 0 spiro atoms. The Hall–Kier alpha value is -1.26. The lowest BCUT2D eigenvalue weighted by Gasteiger charge is -2.07. The second-order valence-electron chi connectivity index (χ2n) is 3.44. The van der Waals surface area contributed by atoms with Crippen molar-refractivity contribution in [3.63, 3.8) is 0 Å². The van der Waals surface area contributed by atoms with Gasteiger partial charge >= 0.3 is 0 Å². The van der Waals surface area contributed by atoms with Crippen molar-refractivity contribution in [2.75, 3.05) is 18.8 Å². The second kappa shape index (κ2) is 9.74. The molecule has 1 heterocycles. The normalized spacial score (nSPS) is 11.0. The van der Waals surface area contributed by atoms with E-state index < -0.39 is 0 Å². The molecule has 0 bridgehead atoms. The third kappa shape index (κ3) is 6.47. The summed E-state index contributed by atoms with van der Waals surface area (Å²) in [5.74, 6) is 2.45. The summed E-state index contributed by atoms with van der Waals surface area (Å²) in [6.07, 6.45) is 2.85. The quantitative estimate of drug-likeness (QED) is 0.262. The Morgan fingerprint density at radius 3 is 3.22 bits per heavy atom. The monoisotopic (exact) mass is 283 g/mol.